The topological polar surface area (TPSA) is 73.7 Å². The summed E-state index contributed by atoms with van der Waals surface area (Å²) in [5.74, 6) is 0.646. The van der Waals surface area contributed by atoms with Crippen molar-refractivity contribution in [2.45, 2.75) is 39.7 Å². The van der Waals surface area contributed by atoms with Gasteiger partial charge in [-0.3, -0.25) is 0 Å². The number of aliphatic hydroxyl groups is 1. The Kier molecular flexibility index (Phi) is 7.06. The number of hydrogen-bond donors (Lipinski definition) is 2. The second kappa shape index (κ2) is 10.6. The summed E-state index contributed by atoms with van der Waals surface area (Å²) >= 11 is 0. The first-order valence-corrected chi connectivity index (χ1v) is 12.9. The molecule has 5 rings (SSSR count). The maximum absolute atomic E-state index is 12.2. The Morgan fingerprint density at radius 1 is 0.973 bits per heavy atom. The number of benzene rings is 3. The molecule has 37 heavy (non-hydrogen) atoms. The van der Waals surface area contributed by atoms with Crippen LogP contribution in [0.4, 0.5) is 0 Å². The number of nitrogens with zero attached hydrogens (tertiary/aromatic N) is 1. The van der Waals surface area contributed by atoms with Crippen LogP contribution in [-0.2, 0) is 13.0 Å². The summed E-state index contributed by atoms with van der Waals surface area (Å²) in [7, 11) is 0. The standard InChI is InChI=1S/C32H31NO4/c1-3-33(4-2)24-16-17-27-29(19-24)37-31-23(18-21-12-14-22(20-34)15-13-21)8-7-11-28(31)30(27)25-9-5-6-10-26(25)32(35)36/h5-6,9-10,12-19,34H,3-4,7-8,11,20H2,1-2H3/p+1. The molecule has 0 saturated heterocycles. The Morgan fingerprint density at radius 2 is 1.73 bits per heavy atom. The van der Waals surface area contributed by atoms with Gasteiger partial charge in [0.15, 0.2) is 0 Å². The molecule has 0 atom stereocenters. The van der Waals surface area contributed by atoms with E-state index in [1.807, 2.05) is 36.4 Å². The van der Waals surface area contributed by atoms with Crippen LogP contribution in [0.3, 0.4) is 0 Å². The summed E-state index contributed by atoms with van der Waals surface area (Å²) in [5, 5.41) is 20.5. The van der Waals surface area contributed by atoms with Crippen LogP contribution < -0.4 is 9.93 Å². The summed E-state index contributed by atoms with van der Waals surface area (Å²) in [6.45, 7) is 6.06. The van der Waals surface area contributed by atoms with E-state index < -0.39 is 5.97 Å². The van der Waals surface area contributed by atoms with Gasteiger partial charge in [0.05, 0.1) is 18.2 Å². The molecule has 0 saturated carbocycles. The van der Waals surface area contributed by atoms with Crippen molar-refractivity contribution >= 4 is 17.6 Å². The Hall–Kier alpha value is -3.96. The molecule has 2 aromatic rings. The fourth-order valence-electron chi connectivity index (χ4n) is 5.36. The van der Waals surface area contributed by atoms with Crippen molar-refractivity contribution in [2.75, 3.05) is 13.1 Å². The number of carboxylic acid groups (broad SMARTS) is 1. The number of hydrogen-bond acceptors (Lipinski definition) is 3. The zero-order valence-corrected chi connectivity index (χ0v) is 21.3. The first kappa shape index (κ1) is 24.7. The van der Waals surface area contributed by atoms with Crippen molar-refractivity contribution in [2.24, 2.45) is 0 Å². The summed E-state index contributed by atoms with van der Waals surface area (Å²) in [4.78, 5) is 12.2. The molecule has 0 fully saturated rings. The Bertz CT molecular complexity index is 1520. The van der Waals surface area contributed by atoms with E-state index in [9.17, 15) is 15.0 Å². The van der Waals surface area contributed by atoms with Gasteiger partial charge in [-0.1, -0.05) is 42.5 Å². The molecule has 2 aromatic carbocycles. The van der Waals surface area contributed by atoms with Crippen LogP contribution >= 0.6 is 0 Å². The molecule has 0 amide bonds. The van der Waals surface area contributed by atoms with Gasteiger partial charge in [0.1, 0.15) is 24.6 Å². The summed E-state index contributed by atoms with van der Waals surface area (Å²) in [5.41, 5.74) is 6.96. The molecule has 1 heterocycles. The molecule has 3 aliphatic rings. The first-order chi connectivity index (χ1) is 18.0. The second-order valence-corrected chi connectivity index (χ2v) is 9.41. The van der Waals surface area contributed by atoms with Crippen LogP contribution in [0.25, 0.3) is 34.1 Å². The summed E-state index contributed by atoms with van der Waals surface area (Å²) < 4.78 is 8.95. The minimum atomic E-state index is -0.936. The molecule has 188 valence electrons. The predicted octanol–water partition coefficient (Wildman–Crippen LogP) is 5.93. The van der Waals surface area contributed by atoms with Crippen LogP contribution in [0.5, 0.6) is 0 Å². The Morgan fingerprint density at radius 3 is 2.43 bits per heavy atom. The number of allylic oxidation sites excluding steroid dienone is 1. The zero-order valence-electron chi connectivity index (χ0n) is 21.3. The maximum atomic E-state index is 12.2. The smallest absolute Gasteiger partial charge is 0.336 e. The van der Waals surface area contributed by atoms with E-state index in [4.69, 9.17) is 4.42 Å². The number of fused-ring (bicyclic) bond motifs is 2. The molecular weight excluding hydrogens is 462 g/mol. The van der Waals surface area contributed by atoms with Gasteiger partial charge in [-0.2, -0.15) is 0 Å². The van der Waals surface area contributed by atoms with Crippen molar-refractivity contribution in [3.8, 4) is 22.5 Å². The third-order valence-corrected chi connectivity index (χ3v) is 7.25. The van der Waals surface area contributed by atoms with Gasteiger partial charge in [0.2, 0.25) is 5.36 Å². The minimum Gasteiger partial charge on any atom is -0.478 e. The monoisotopic (exact) mass is 494 g/mol. The number of aliphatic hydroxyl groups excluding tert-OH is 1. The predicted molar refractivity (Wildman–Crippen MR) is 147 cm³/mol. The van der Waals surface area contributed by atoms with Gasteiger partial charge in [-0.15, -0.1) is 0 Å². The van der Waals surface area contributed by atoms with E-state index in [1.165, 1.54) is 0 Å². The van der Waals surface area contributed by atoms with Gasteiger partial charge < -0.3 is 14.6 Å². The first-order valence-electron chi connectivity index (χ1n) is 12.9. The molecule has 0 unspecified atom stereocenters. The molecule has 2 N–H and O–H groups in total. The van der Waals surface area contributed by atoms with Gasteiger partial charge in [-0.25, -0.2) is 9.37 Å². The van der Waals surface area contributed by atoms with E-state index in [0.29, 0.717) is 5.56 Å². The van der Waals surface area contributed by atoms with Crippen molar-refractivity contribution < 1.29 is 19.4 Å². The largest absolute Gasteiger partial charge is 0.478 e. The maximum Gasteiger partial charge on any atom is 0.336 e. The molecule has 5 nitrogen and oxygen atoms in total. The van der Waals surface area contributed by atoms with E-state index in [1.54, 1.807) is 12.1 Å². The molecule has 0 bridgehead atoms. The molecule has 0 radical (unpaired) electrons. The van der Waals surface area contributed by atoms with Crippen LogP contribution in [0.1, 0.15) is 59.5 Å². The lowest BCUT2D eigenvalue weighted by Gasteiger charge is -2.25. The average Bonchev–Trinajstić information content (AvgIpc) is 2.93. The number of aromatic carboxylic acids is 1. The lowest BCUT2D eigenvalue weighted by atomic mass is 9.82. The second-order valence-electron chi connectivity index (χ2n) is 9.41. The Labute approximate surface area is 217 Å². The lowest BCUT2D eigenvalue weighted by Crippen LogP contribution is -2.29. The van der Waals surface area contributed by atoms with Gasteiger partial charge >= 0.3 is 5.97 Å². The number of carbonyl (C=O) groups is 1. The van der Waals surface area contributed by atoms with Crippen LogP contribution in [-0.4, -0.2) is 29.3 Å². The fourth-order valence-corrected chi connectivity index (χ4v) is 5.36. The molecule has 5 heteroatoms. The fraction of sp³-hybridized carbons (Fsp3) is 0.250. The van der Waals surface area contributed by atoms with E-state index in [-0.39, 0.29) is 6.61 Å². The molecule has 2 aliphatic carbocycles. The lowest BCUT2D eigenvalue weighted by molar-refractivity contribution is 0.0697. The van der Waals surface area contributed by atoms with E-state index >= 15 is 0 Å². The summed E-state index contributed by atoms with van der Waals surface area (Å²) in [6.07, 6.45) is 4.79. The van der Waals surface area contributed by atoms with Crippen LogP contribution in [0, 0.1) is 0 Å². The zero-order chi connectivity index (χ0) is 25.9. The minimum absolute atomic E-state index is 0.0161. The van der Waals surface area contributed by atoms with Crippen molar-refractivity contribution in [3.63, 3.8) is 0 Å². The van der Waals surface area contributed by atoms with E-state index in [2.05, 4.69) is 42.7 Å². The number of rotatable bonds is 6. The molecule has 1 aliphatic heterocycles. The van der Waals surface area contributed by atoms with Crippen molar-refractivity contribution in [3.05, 3.63) is 100 Å². The van der Waals surface area contributed by atoms with Gasteiger partial charge in [0.25, 0.3) is 0 Å². The quantitative estimate of drug-likeness (QED) is 0.326. The SMILES string of the molecule is CC[N+](CC)=c1ccc2c(-c3ccccc3C(=O)O)c3c(oc-2c1)C(=Cc1ccc(CO)cc1)CCC3. The third-order valence-electron chi connectivity index (χ3n) is 7.25. The van der Waals surface area contributed by atoms with Gasteiger partial charge in [-0.05, 0) is 73.6 Å². The highest BCUT2D eigenvalue weighted by Gasteiger charge is 2.28. The van der Waals surface area contributed by atoms with Crippen molar-refractivity contribution in [1.82, 2.24) is 4.58 Å². The summed E-state index contributed by atoms with van der Waals surface area (Å²) in [6, 6.07) is 21.4. The highest BCUT2D eigenvalue weighted by molar-refractivity contribution is 6.00. The molecule has 0 spiro atoms. The third kappa shape index (κ3) is 4.75. The highest BCUT2D eigenvalue weighted by atomic mass is 16.4. The number of carboxylic acids is 1. The van der Waals surface area contributed by atoms with Crippen LogP contribution in [0.15, 0.2) is 71.1 Å². The molecular formula is C32H32NO4+. The average molecular weight is 495 g/mol. The Balaban J connectivity index is 1.82. The van der Waals surface area contributed by atoms with E-state index in [0.717, 1.165) is 88.2 Å². The van der Waals surface area contributed by atoms with Crippen molar-refractivity contribution in [1.29, 1.82) is 0 Å². The van der Waals surface area contributed by atoms with Crippen LogP contribution in [0.2, 0.25) is 0 Å². The highest BCUT2D eigenvalue weighted by Crippen LogP contribution is 2.45. The van der Waals surface area contributed by atoms with Gasteiger partial charge in [0, 0.05) is 22.8 Å². The molecule has 0 aromatic heterocycles. The normalized spacial score (nSPS) is 14.1.